The van der Waals surface area contributed by atoms with Crippen LogP contribution in [0, 0.1) is 24.0 Å². The topological polar surface area (TPSA) is 101 Å². The van der Waals surface area contributed by atoms with Crippen LogP contribution in [-0.2, 0) is 10.0 Å². The molecule has 0 saturated heterocycles. The molecule has 0 aromatic heterocycles. The molecule has 1 aromatic rings. The van der Waals surface area contributed by atoms with Gasteiger partial charge in [-0.3, -0.25) is 10.1 Å². The second kappa shape index (κ2) is 6.55. The van der Waals surface area contributed by atoms with Gasteiger partial charge in [-0.25, -0.2) is 13.1 Å². The maximum atomic E-state index is 12.4. The van der Waals surface area contributed by atoms with Crippen LogP contribution in [0.25, 0.3) is 0 Å². The summed E-state index contributed by atoms with van der Waals surface area (Å²) in [6, 6.07) is 2.65. The normalized spacial score (nSPS) is 15.5. The number of hydrogen-bond acceptors (Lipinski definition) is 5. The third-order valence-electron chi connectivity index (χ3n) is 3.71. The molecule has 2 rings (SSSR count). The first-order chi connectivity index (χ1) is 10.3. The van der Waals surface area contributed by atoms with E-state index in [0.717, 1.165) is 18.5 Å². The first kappa shape index (κ1) is 16.6. The highest BCUT2D eigenvalue weighted by atomic mass is 32.2. The van der Waals surface area contributed by atoms with Crippen molar-refractivity contribution in [1.29, 1.82) is 0 Å². The van der Waals surface area contributed by atoms with Gasteiger partial charge in [0, 0.05) is 19.2 Å². The van der Waals surface area contributed by atoms with Gasteiger partial charge in [0.05, 0.1) is 4.92 Å². The highest BCUT2D eigenvalue weighted by Crippen LogP contribution is 2.27. The van der Waals surface area contributed by atoms with Crippen molar-refractivity contribution >= 4 is 15.7 Å². The van der Waals surface area contributed by atoms with Crippen molar-refractivity contribution in [1.82, 2.24) is 10.0 Å². The standard InChI is InChI=1S/C14H19N3O4S/c1-10-7-13(17(18)19)14(8-11(10)2)22(20,21)16-9-12-3-5-15-6-4-12/h3,7-8,15-16H,4-6,9H2,1-2H3. The van der Waals surface area contributed by atoms with Crippen LogP contribution >= 0.6 is 0 Å². The Morgan fingerprint density at radius 1 is 1.32 bits per heavy atom. The molecule has 0 unspecified atom stereocenters. The van der Waals surface area contributed by atoms with Gasteiger partial charge in [0.15, 0.2) is 4.90 Å². The van der Waals surface area contributed by atoms with Crippen LogP contribution in [-0.4, -0.2) is 33.0 Å². The fourth-order valence-electron chi connectivity index (χ4n) is 2.23. The minimum Gasteiger partial charge on any atom is -0.313 e. The number of aryl methyl sites for hydroxylation is 2. The molecular weight excluding hydrogens is 306 g/mol. The van der Waals surface area contributed by atoms with Crippen molar-refractivity contribution < 1.29 is 13.3 Å². The Morgan fingerprint density at radius 2 is 2.00 bits per heavy atom. The lowest BCUT2D eigenvalue weighted by atomic mass is 10.1. The van der Waals surface area contributed by atoms with Crippen LogP contribution in [0.5, 0.6) is 0 Å². The van der Waals surface area contributed by atoms with Gasteiger partial charge in [-0.1, -0.05) is 11.6 Å². The molecule has 0 atom stereocenters. The third-order valence-corrected chi connectivity index (χ3v) is 5.14. The van der Waals surface area contributed by atoms with Gasteiger partial charge in [-0.15, -0.1) is 0 Å². The Bertz CT molecular complexity index is 726. The Labute approximate surface area is 129 Å². The summed E-state index contributed by atoms with van der Waals surface area (Å²) >= 11 is 0. The molecule has 8 heteroatoms. The Hall–Kier alpha value is -1.77. The highest BCUT2D eigenvalue weighted by Gasteiger charge is 2.26. The molecule has 0 saturated carbocycles. The number of sulfonamides is 1. The van der Waals surface area contributed by atoms with E-state index in [1.165, 1.54) is 12.1 Å². The molecule has 0 radical (unpaired) electrons. The highest BCUT2D eigenvalue weighted by molar-refractivity contribution is 7.89. The van der Waals surface area contributed by atoms with Gasteiger partial charge in [0.25, 0.3) is 5.69 Å². The Morgan fingerprint density at radius 3 is 2.59 bits per heavy atom. The fourth-order valence-corrected chi connectivity index (χ4v) is 3.50. The number of nitro benzene ring substituents is 1. The summed E-state index contributed by atoms with van der Waals surface area (Å²) in [5.41, 5.74) is 1.97. The quantitative estimate of drug-likeness (QED) is 0.484. The molecule has 1 aromatic carbocycles. The maximum Gasteiger partial charge on any atom is 0.289 e. The van der Waals surface area contributed by atoms with Gasteiger partial charge in [0.2, 0.25) is 10.0 Å². The molecule has 1 aliphatic heterocycles. The molecule has 2 N–H and O–H groups in total. The predicted molar refractivity (Wildman–Crippen MR) is 83.3 cm³/mol. The monoisotopic (exact) mass is 325 g/mol. The van der Waals surface area contributed by atoms with E-state index >= 15 is 0 Å². The van der Waals surface area contributed by atoms with E-state index in [-0.39, 0.29) is 11.4 Å². The molecule has 1 heterocycles. The minimum atomic E-state index is -3.93. The SMILES string of the molecule is Cc1cc([N+](=O)[O-])c(S(=O)(=O)NCC2=CCNCC2)cc1C. The summed E-state index contributed by atoms with van der Waals surface area (Å²) in [5.74, 6) is 0. The number of nitrogens with one attached hydrogen (secondary N) is 2. The Kier molecular flexibility index (Phi) is 4.94. The van der Waals surface area contributed by atoms with Gasteiger partial charge in [0.1, 0.15) is 0 Å². The summed E-state index contributed by atoms with van der Waals surface area (Å²) in [4.78, 5) is 10.2. The Balaban J connectivity index is 2.30. The molecule has 7 nitrogen and oxygen atoms in total. The number of nitrogens with zero attached hydrogens (tertiary/aromatic N) is 1. The minimum absolute atomic E-state index is 0.175. The van der Waals surface area contributed by atoms with Crippen LogP contribution in [0.1, 0.15) is 17.5 Å². The molecule has 0 fully saturated rings. The van der Waals surface area contributed by atoms with Crippen molar-refractivity contribution in [3.05, 3.63) is 45.0 Å². The second-order valence-corrected chi connectivity index (χ2v) is 7.04. The molecule has 22 heavy (non-hydrogen) atoms. The van der Waals surface area contributed by atoms with Crippen molar-refractivity contribution in [3.8, 4) is 0 Å². The summed E-state index contributed by atoms with van der Waals surface area (Å²) in [6.45, 7) is 5.13. The molecule has 120 valence electrons. The fraction of sp³-hybridized carbons (Fsp3) is 0.429. The van der Waals surface area contributed by atoms with Gasteiger partial charge >= 0.3 is 0 Å². The zero-order valence-electron chi connectivity index (χ0n) is 12.5. The maximum absolute atomic E-state index is 12.4. The van der Waals surface area contributed by atoms with Gasteiger partial charge < -0.3 is 5.32 Å². The summed E-state index contributed by atoms with van der Waals surface area (Å²) in [7, 11) is -3.93. The molecular formula is C14H19N3O4S. The lowest BCUT2D eigenvalue weighted by Crippen LogP contribution is -2.30. The summed E-state index contributed by atoms with van der Waals surface area (Å²) < 4.78 is 27.3. The van der Waals surface area contributed by atoms with Gasteiger partial charge in [-0.05, 0) is 44.0 Å². The van der Waals surface area contributed by atoms with E-state index in [0.29, 0.717) is 17.7 Å². The molecule has 0 aliphatic carbocycles. The number of hydrogen-bond donors (Lipinski definition) is 2. The number of nitro groups is 1. The smallest absolute Gasteiger partial charge is 0.289 e. The van der Waals surface area contributed by atoms with Crippen LogP contribution in [0.4, 0.5) is 5.69 Å². The summed E-state index contributed by atoms with van der Waals surface area (Å²) in [5, 5.41) is 14.3. The van der Waals surface area contributed by atoms with Crippen LogP contribution in [0.3, 0.4) is 0 Å². The van der Waals surface area contributed by atoms with Crippen molar-refractivity contribution in [2.24, 2.45) is 0 Å². The van der Waals surface area contributed by atoms with E-state index < -0.39 is 20.6 Å². The first-order valence-electron chi connectivity index (χ1n) is 6.95. The van der Waals surface area contributed by atoms with Crippen molar-refractivity contribution in [3.63, 3.8) is 0 Å². The van der Waals surface area contributed by atoms with Crippen LogP contribution in [0.2, 0.25) is 0 Å². The molecule has 0 bridgehead atoms. The largest absolute Gasteiger partial charge is 0.313 e. The van der Waals surface area contributed by atoms with Crippen LogP contribution in [0.15, 0.2) is 28.7 Å². The van der Waals surface area contributed by atoms with E-state index in [2.05, 4.69) is 10.0 Å². The third kappa shape index (κ3) is 3.70. The average molecular weight is 325 g/mol. The lowest BCUT2D eigenvalue weighted by Gasteiger charge is -2.15. The molecule has 1 aliphatic rings. The zero-order chi connectivity index (χ0) is 16.3. The van der Waals surface area contributed by atoms with Crippen molar-refractivity contribution in [2.45, 2.75) is 25.2 Å². The van der Waals surface area contributed by atoms with E-state index in [9.17, 15) is 18.5 Å². The zero-order valence-corrected chi connectivity index (χ0v) is 13.4. The van der Waals surface area contributed by atoms with Crippen LogP contribution < -0.4 is 10.0 Å². The molecule has 0 spiro atoms. The predicted octanol–water partition coefficient (Wildman–Crippen LogP) is 1.41. The summed E-state index contributed by atoms with van der Waals surface area (Å²) in [6.07, 6.45) is 2.69. The van der Waals surface area contributed by atoms with Gasteiger partial charge in [-0.2, -0.15) is 0 Å². The van der Waals surface area contributed by atoms with E-state index in [1.54, 1.807) is 13.8 Å². The first-order valence-corrected chi connectivity index (χ1v) is 8.43. The van der Waals surface area contributed by atoms with Crippen molar-refractivity contribution in [2.75, 3.05) is 19.6 Å². The van der Waals surface area contributed by atoms with E-state index in [4.69, 9.17) is 0 Å². The van der Waals surface area contributed by atoms with E-state index in [1.807, 2.05) is 6.08 Å². The second-order valence-electron chi connectivity index (χ2n) is 5.30. The number of rotatable bonds is 5. The average Bonchev–Trinajstić information content (AvgIpc) is 2.48. The lowest BCUT2D eigenvalue weighted by molar-refractivity contribution is -0.387. The number of benzene rings is 1. The molecule has 0 amide bonds.